The van der Waals surface area contributed by atoms with Crippen molar-refractivity contribution in [2.24, 2.45) is 0 Å². The summed E-state index contributed by atoms with van der Waals surface area (Å²) in [6, 6.07) is 19.8. The molecule has 0 aromatic heterocycles. The van der Waals surface area contributed by atoms with Crippen molar-refractivity contribution in [3.05, 3.63) is 90.0 Å². The quantitative estimate of drug-likeness (QED) is 0.287. The van der Waals surface area contributed by atoms with Crippen LogP contribution in [0.15, 0.2) is 73.3 Å². The number of hydrogen-bond acceptors (Lipinski definition) is 4. The van der Waals surface area contributed by atoms with Gasteiger partial charge in [0.25, 0.3) is 0 Å². The van der Waals surface area contributed by atoms with Crippen molar-refractivity contribution in [1.82, 2.24) is 0 Å². The Morgan fingerprint density at radius 2 is 1.52 bits per heavy atom. The summed E-state index contributed by atoms with van der Waals surface area (Å²) in [5.41, 5.74) is 6.35. The van der Waals surface area contributed by atoms with E-state index in [-0.39, 0.29) is 0 Å². The van der Waals surface area contributed by atoms with Crippen molar-refractivity contribution >= 4 is 23.0 Å². The Bertz CT molecular complexity index is 1060. The fourth-order valence-electron chi connectivity index (χ4n) is 3.16. The standard InChI is InChI=1S/C25H25NO3/c1-6-25(27)29-23-9-7-8-20(16-23)26(21-11-10-17(2)18(3)14-21)22-12-13-24(28-5)19(4)15-22/h6-16H,1H2,2-5H3. The Kier molecular flexibility index (Phi) is 6.03. The number of esters is 1. The van der Waals surface area contributed by atoms with Crippen LogP contribution in [0.1, 0.15) is 16.7 Å². The normalized spacial score (nSPS) is 10.3. The number of rotatable bonds is 6. The zero-order valence-corrected chi connectivity index (χ0v) is 17.2. The minimum atomic E-state index is -0.486. The number of aryl methyl sites for hydroxylation is 3. The Labute approximate surface area is 172 Å². The lowest BCUT2D eigenvalue weighted by molar-refractivity contribution is -0.128. The second kappa shape index (κ2) is 8.65. The molecule has 0 aliphatic carbocycles. The van der Waals surface area contributed by atoms with Gasteiger partial charge in [-0.05, 0) is 79.9 Å². The number of hydrogen-bond donors (Lipinski definition) is 0. The van der Waals surface area contributed by atoms with Crippen LogP contribution in [0.5, 0.6) is 11.5 Å². The van der Waals surface area contributed by atoms with Crippen molar-refractivity contribution in [3.8, 4) is 11.5 Å². The number of ether oxygens (including phenoxy) is 2. The first-order valence-corrected chi connectivity index (χ1v) is 9.39. The third kappa shape index (κ3) is 4.49. The van der Waals surface area contributed by atoms with Crippen LogP contribution in [0.25, 0.3) is 0 Å². The van der Waals surface area contributed by atoms with Crippen molar-refractivity contribution < 1.29 is 14.3 Å². The molecule has 0 saturated carbocycles. The average molecular weight is 387 g/mol. The number of nitrogens with zero attached hydrogens (tertiary/aromatic N) is 1. The zero-order valence-electron chi connectivity index (χ0n) is 17.2. The molecule has 0 spiro atoms. The monoisotopic (exact) mass is 387 g/mol. The summed E-state index contributed by atoms with van der Waals surface area (Å²) in [5.74, 6) is 0.814. The van der Waals surface area contributed by atoms with Crippen LogP contribution >= 0.6 is 0 Å². The van der Waals surface area contributed by atoms with Crippen LogP contribution in [0.3, 0.4) is 0 Å². The third-order valence-corrected chi connectivity index (χ3v) is 4.85. The number of benzene rings is 3. The Balaban J connectivity index is 2.14. The summed E-state index contributed by atoms with van der Waals surface area (Å²) in [6.07, 6.45) is 1.15. The molecular weight excluding hydrogens is 362 g/mol. The van der Waals surface area contributed by atoms with Crippen molar-refractivity contribution in [2.45, 2.75) is 20.8 Å². The minimum absolute atomic E-state index is 0.464. The maximum atomic E-state index is 11.6. The van der Waals surface area contributed by atoms with Crippen LogP contribution in [-0.2, 0) is 4.79 Å². The lowest BCUT2D eigenvalue weighted by Gasteiger charge is -2.27. The van der Waals surface area contributed by atoms with E-state index in [1.54, 1.807) is 13.2 Å². The van der Waals surface area contributed by atoms with Gasteiger partial charge in [0.2, 0.25) is 0 Å². The van der Waals surface area contributed by atoms with E-state index in [1.807, 2.05) is 37.3 Å². The van der Waals surface area contributed by atoms with Gasteiger partial charge in [-0.2, -0.15) is 0 Å². The van der Waals surface area contributed by atoms with E-state index in [4.69, 9.17) is 9.47 Å². The molecule has 0 unspecified atom stereocenters. The molecule has 3 rings (SSSR count). The van der Waals surface area contributed by atoms with Crippen LogP contribution in [0.2, 0.25) is 0 Å². The van der Waals surface area contributed by atoms with Crippen LogP contribution in [0.4, 0.5) is 17.1 Å². The Hall–Kier alpha value is -3.53. The molecule has 4 nitrogen and oxygen atoms in total. The molecule has 0 radical (unpaired) electrons. The number of anilines is 3. The van der Waals surface area contributed by atoms with Crippen LogP contribution in [-0.4, -0.2) is 13.1 Å². The van der Waals surface area contributed by atoms with Gasteiger partial charge in [-0.1, -0.05) is 18.7 Å². The first-order chi connectivity index (χ1) is 13.9. The average Bonchev–Trinajstić information content (AvgIpc) is 2.71. The topological polar surface area (TPSA) is 38.8 Å². The number of methoxy groups -OCH3 is 1. The molecule has 3 aromatic rings. The molecule has 0 amide bonds. The SMILES string of the molecule is C=CC(=O)Oc1cccc(N(c2ccc(C)c(C)c2)c2ccc(OC)c(C)c2)c1. The van der Waals surface area contributed by atoms with Gasteiger partial charge in [0.05, 0.1) is 7.11 Å². The molecule has 0 aliphatic rings. The highest BCUT2D eigenvalue weighted by Crippen LogP contribution is 2.38. The van der Waals surface area contributed by atoms with E-state index in [0.717, 1.165) is 34.5 Å². The molecule has 3 aromatic carbocycles. The Morgan fingerprint density at radius 3 is 2.14 bits per heavy atom. The molecule has 0 N–H and O–H groups in total. The summed E-state index contributed by atoms with van der Waals surface area (Å²) in [5, 5.41) is 0. The van der Waals surface area contributed by atoms with Crippen LogP contribution in [0, 0.1) is 20.8 Å². The van der Waals surface area contributed by atoms with E-state index >= 15 is 0 Å². The van der Waals surface area contributed by atoms with Gasteiger partial charge in [0.1, 0.15) is 11.5 Å². The van der Waals surface area contributed by atoms with Gasteiger partial charge in [-0.15, -0.1) is 0 Å². The van der Waals surface area contributed by atoms with E-state index in [9.17, 15) is 4.79 Å². The highest BCUT2D eigenvalue weighted by molar-refractivity contribution is 5.84. The summed E-state index contributed by atoms with van der Waals surface area (Å²) in [7, 11) is 1.67. The van der Waals surface area contributed by atoms with Crippen molar-refractivity contribution in [2.75, 3.05) is 12.0 Å². The van der Waals surface area contributed by atoms with Crippen LogP contribution < -0.4 is 14.4 Å². The molecule has 0 heterocycles. The maximum Gasteiger partial charge on any atom is 0.335 e. The predicted molar refractivity (Wildman–Crippen MR) is 118 cm³/mol. The zero-order chi connectivity index (χ0) is 21.0. The smallest absolute Gasteiger partial charge is 0.335 e. The highest BCUT2D eigenvalue weighted by Gasteiger charge is 2.15. The summed E-state index contributed by atoms with van der Waals surface area (Å²) >= 11 is 0. The van der Waals surface area contributed by atoms with E-state index in [2.05, 4.69) is 49.6 Å². The minimum Gasteiger partial charge on any atom is -0.496 e. The molecule has 0 fully saturated rings. The number of carbonyl (C=O) groups is 1. The first-order valence-electron chi connectivity index (χ1n) is 9.39. The van der Waals surface area contributed by atoms with Gasteiger partial charge in [0.15, 0.2) is 0 Å². The molecule has 148 valence electrons. The second-order valence-electron chi connectivity index (χ2n) is 6.88. The molecule has 0 atom stereocenters. The van der Waals surface area contributed by atoms with E-state index in [0.29, 0.717) is 5.75 Å². The summed E-state index contributed by atoms with van der Waals surface area (Å²) in [4.78, 5) is 13.8. The molecule has 0 aliphatic heterocycles. The number of carbonyl (C=O) groups excluding carboxylic acids is 1. The Morgan fingerprint density at radius 1 is 0.862 bits per heavy atom. The van der Waals surface area contributed by atoms with E-state index < -0.39 is 5.97 Å². The molecule has 29 heavy (non-hydrogen) atoms. The van der Waals surface area contributed by atoms with E-state index in [1.165, 1.54) is 11.1 Å². The summed E-state index contributed by atoms with van der Waals surface area (Å²) in [6.45, 7) is 9.66. The maximum absolute atomic E-state index is 11.6. The van der Waals surface area contributed by atoms with Gasteiger partial charge in [-0.25, -0.2) is 4.79 Å². The predicted octanol–water partition coefficient (Wildman–Crippen LogP) is 6.18. The van der Waals surface area contributed by atoms with Gasteiger partial charge >= 0.3 is 5.97 Å². The third-order valence-electron chi connectivity index (χ3n) is 4.85. The fraction of sp³-hybridized carbons (Fsp3) is 0.160. The first kappa shape index (κ1) is 20.2. The van der Waals surface area contributed by atoms with Gasteiger partial charge in [0, 0.05) is 29.2 Å². The van der Waals surface area contributed by atoms with Gasteiger partial charge in [-0.3, -0.25) is 0 Å². The molecule has 4 heteroatoms. The lowest BCUT2D eigenvalue weighted by Crippen LogP contribution is -2.11. The lowest BCUT2D eigenvalue weighted by atomic mass is 10.1. The van der Waals surface area contributed by atoms with Crippen molar-refractivity contribution in [3.63, 3.8) is 0 Å². The van der Waals surface area contributed by atoms with Crippen molar-refractivity contribution in [1.29, 1.82) is 0 Å². The summed E-state index contributed by atoms with van der Waals surface area (Å²) < 4.78 is 10.7. The fourth-order valence-corrected chi connectivity index (χ4v) is 3.16. The highest BCUT2D eigenvalue weighted by atomic mass is 16.5. The van der Waals surface area contributed by atoms with Gasteiger partial charge < -0.3 is 14.4 Å². The largest absolute Gasteiger partial charge is 0.496 e. The molecular formula is C25H25NO3. The molecule has 0 saturated heterocycles. The second-order valence-corrected chi connectivity index (χ2v) is 6.88. The molecule has 0 bridgehead atoms.